The number of nitrogens with one attached hydrogen (secondary N) is 3. The van der Waals surface area contributed by atoms with Crippen LogP contribution in [0.2, 0.25) is 0 Å². The van der Waals surface area contributed by atoms with E-state index in [2.05, 4.69) is 30.9 Å². The average molecular weight is 907 g/mol. The molecule has 0 aromatic rings. The maximum absolute atomic E-state index is 13.6. The number of carbonyl (C=O) groups is 3. The predicted octanol–water partition coefficient (Wildman–Crippen LogP) is 9.84. The smallest absolute Gasteiger partial charge is 0.408 e. The quantitative estimate of drug-likeness (QED) is 0.0679. The Bertz CT molecular complexity index is 1550. The first-order chi connectivity index (χ1) is 31.6. The van der Waals surface area contributed by atoms with Gasteiger partial charge in [-0.15, -0.1) is 0 Å². The highest BCUT2D eigenvalue weighted by atomic mass is 16.6. The Morgan fingerprint density at radius 2 is 0.692 bits per heavy atom. The minimum atomic E-state index is -1.38. The van der Waals surface area contributed by atoms with Crippen LogP contribution in [0.15, 0.2) is 15.0 Å². The largest absolute Gasteiger partial charge is 0.445 e. The van der Waals surface area contributed by atoms with E-state index in [1.165, 1.54) is 12.8 Å². The lowest BCUT2D eigenvalue weighted by Gasteiger charge is -2.35. The van der Waals surface area contributed by atoms with E-state index in [1.54, 1.807) is 18.2 Å². The highest BCUT2D eigenvalue weighted by Gasteiger charge is 2.39. The summed E-state index contributed by atoms with van der Waals surface area (Å²) in [6.07, 6.45) is 30.8. The Balaban J connectivity index is 0.950. The maximum Gasteiger partial charge on any atom is 0.408 e. The van der Waals surface area contributed by atoms with Crippen molar-refractivity contribution in [2.45, 2.75) is 229 Å². The van der Waals surface area contributed by atoms with Gasteiger partial charge in [0.1, 0.15) is 13.2 Å². The zero-order chi connectivity index (χ0) is 45.9. The molecule has 0 saturated heterocycles. The fraction of sp³-hybridized carbons (Fsp3) is 0.880. The standard InChI is InChI=1S/C50H78N6O9/c1-2-50(65-49(62)56-46-25-13-40(14-26-46)29-37-7-19-43(20-8-37)53-34-59,30-63-47(60)54-44-21-9-38(10-22-44)27-35-3-15-41(16-4-35)51-32-57)31-64-48(61)55-45-23-11-39(12-24-45)28-36-5-17-42(18-6-36)52-33-58/h35-46H,2-31H2,1H3,(H,54,60)(H,55,61)(H,56,62). The Kier molecular flexibility index (Phi) is 20.4. The molecule has 0 atom stereocenters. The third-order valence-corrected chi connectivity index (χ3v) is 16.5. The summed E-state index contributed by atoms with van der Waals surface area (Å²) in [6, 6.07) is 0.330. The Morgan fingerprint density at radius 1 is 0.431 bits per heavy atom. The number of rotatable bonds is 18. The number of hydrogen-bond acceptors (Lipinski definition) is 12. The van der Waals surface area contributed by atoms with Gasteiger partial charge in [-0.25, -0.2) is 43.7 Å². The van der Waals surface area contributed by atoms with Crippen molar-refractivity contribution in [1.29, 1.82) is 0 Å². The number of amides is 3. The van der Waals surface area contributed by atoms with Gasteiger partial charge in [-0.1, -0.05) is 6.92 Å². The second kappa shape index (κ2) is 26.3. The molecule has 362 valence electrons. The molecule has 15 nitrogen and oxygen atoms in total. The summed E-state index contributed by atoms with van der Waals surface area (Å²) in [5, 5.41) is 9.18. The lowest BCUT2D eigenvalue weighted by molar-refractivity contribution is -0.0738. The summed E-state index contributed by atoms with van der Waals surface area (Å²) in [5.74, 6) is 3.80. The molecule has 0 aromatic carbocycles. The molecule has 0 spiro atoms. The SMILES string of the molecule is CCC(COC(=O)NC1CCC(CC2CCC(N=C=O)CC2)CC1)(COC(=O)NC1CCC(CC2CCC(N=C=O)CC2)CC1)OC(=O)NC1CCC(CC2CCC(N=C=O)CC2)CC1. The van der Waals surface area contributed by atoms with Crippen molar-refractivity contribution >= 4 is 36.5 Å². The first-order valence-corrected chi connectivity index (χ1v) is 25.7. The van der Waals surface area contributed by atoms with Crippen LogP contribution in [0, 0.1) is 35.5 Å². The number of alkyl carbamates (subject to hydrolysis) is 3. The number of aliphatic imine (C=N–C) groups is 3. The molecule has 0 aliphatic heterocycles. The molecule has 6 fully saturated rings. The molecular formula is C50H78N6O9. The van der Waals surface area contributed by atoms with E-state index < -0.39 is 23.9 Å². The van der Waals surface area contributed by atoms with Gasteiger partial charge in [-0.05, 0) is 215 Å². The topological polar surface area (TPSA) is 203 Å². The summed E-state index contributed by atoms with van der Waals surface area (Å²) >= 11 is 0. The van der Waals surface area contributed by atoms with Gasteiger partial charge in [0.25, 0.3) is 0 Å². The first kappa shape index (κ1) is 50.4. The number of hydrogen-bond donors (Lipinski definition) is 3. The molecule has 3 amide bonds. The molecule has 6 saturated carbocycles. The Hall–Kier alpha value is -4.05. The third-order valence-electron chi connectivity index (χ3n) is 16.5. The summed E-state index contributed by atoms with van der Waals surface area (Å²) in [4.78, 5) is 84.0. The monoisotopic (exact) mass is 907 g/mol. The molecule has 6 aliphatic carbocycles. The minimum Gasteiger partial charge on any atom is -0.445 e. The molecule has 0 heterocycles. The van der Waals surface area contributed by atoms with E-state index in [1.807, 2.05) is 6.92 Å². The van der Waals surface area contributed by atoms with E-state index in [-0.39, 0.29) is 55.9 Å². The molecule has 65 heavy (non-hydrogen) atoms. The molecular weight excluding hydrogens is 829 g/mol. The van der Waals surface area contributed by atoms with Crippen molar-refractivity contribution in [2.24, 2.45) is 50.5 Å². The van der Waals surface area contributed by atoms with E-state index >= 15 is 0 Å². The molecule has 0 aromatic heterocycles. The minimum absolute atomic E-state index is 0.00581. The Morgan fingerprint density at radius 3 is 0.954 bits per heavy atom. The summed E-state index contributed by atoms with van der Waals surface area (Å²) in [6.45, 7) is 1.32. The molecule has 15 heteroatoms. The zero-order valence-corrected chi connectivity index (χ0v) is 39.2. The van der Waals surface area contributed by atoms with Crippen molar-refractivity contribution in [3.05, 3.63) is 0 Å². The highest BCUT2D eigenvalue weighted by Crippen LogP contribution is 2.39. The first-order valence-electron chi connectivity index (χ1n) is 25.7. The molecule has 0 radical (unpaired) electrons. The fourth-order valence-electron chi connectivity index (χ4n) is 12.4. The van der Waals surface area contributed by atoms with E-state index in [0.29, 0.717) is 35.5 Å². The van der Waals surface area contributed by atoms with Crippen molar-refractivity contribution in [1.82, 2.24) is 16.0 Å². The lowest BCUT2D eigenvalue weighted by atomic mass is 9.76. The van der Waals surface area contributed by atoms with Gasteiger partial charge in [-0.2, -0.15) is 0 Å². The number of carbonyl (C=O) groups excluding carboxylic acids is 6. The summed E-state index contributed by atoms with van der Waals surface area (Å²) in [5.41, 5.74) is -1.38. The van der Waals surface area contributed by atoms with Crippen LogP contribution in [0.4, 0.5) is 14.4 Å². The number of nitrogens with zero attached hydrogens (tertiary/aromatic N) is 3. The van der Waals surface area contributed by atoms with E-state index in [9.17, 15) is 28.8 Å². The number of isocyanates is 3. The third kappa shape index (κ3) is 17.0. The average Bonchev–Trinajstić information content (AvgIpc) is 3.31. The van der Waals surface area contributed by atoms with Crippen molar-refractivity contribution < 1.29 is 43.0 Å². The molecule has 0 bridgehead atoms. The van der Waals surface area contributed by atoms with Crippen LogP contribution < -0.4 is 16.0 Å². The van der Waals surface area contributed by atoms with Gasteiger partial charge >= 0.3 is 18.3 Å². The second-order valence-electron chi connectivity index (χ2n) is 21.1. The molecule has 3 N–H and O–H groups in total. The van der Waals surface area contributed by atoms with Gasteiger partial charge in [-0.3, -0.25) is 0 Å². The van der Waals surface area contributed by atoms with Gasteiger partial charge in [0.15, 0.2) is 5.60 Å². The normalized spacial score (nSPS) is 33.7. The van der Waals surface area contributed by atoms with Gasteiger partial charge in [0.05, 0.1) is 18.1 Å². The van der Waals surface area contributed by atoms with Gasteiger partial charge < -0.3 is 30.2 Å². The molecule has 0 unspecified atom stereocenters. The zero-order valence-electron chi connectivity index (χ0n) is 39.2. The van der Waals surface area contributed by atoms with Crippen LogP contribution in [0.25, 0.3) is 0 Å². The summed E-state index contributed by atoms with van der Waals surface area (Å²) in [7, 11) is 0. The Labute approximate surface area is 386 Å². The van der Waals surface area contributed by atoms with Crippen LogP contribution in [0.3, 0.4) is 0 Å². The molecule has 6 aliphatic rings. The van der Waals surface area contributed by atoms with Crippen molar-refractivity contribution in [2.75, 3.05) is 13.2 Å². The second-order valence-corrected chi connectivity index (χ2v) is 21.1. The predicted molar refractivity (Wildman–Crippen MR) is 244 cm³/mol. The van der Waals surface area contributed by atoms with Gasteiger partial charge in [0, 0.05) is 18.1 Å². The van der Waals surface area contributed by atoms with Crippen LogP contribution in [-0.4, -0.2) is 91.6 Å². The van der Waals surface area contributed by atoms with Crippen LogP contribution >= 0.6 is 0 Å². The van der Waals surface area contributed by atoms with E-state index in [4.69, 9.17) is 14.2 Å². The molecule has 6 rings (SSSR count). The summed E-state index contributed by atoms with van der Waals surface area (Å²) < 4.78 is 17.7. The maximum atomic E-state index is 13.6. The fourth-order valence-corrected chi connectivity index (χ4v) is 12.4. The van der Waals surface area contributed by atoms with E-state index in [0.717, 1.165) is 161 Å². The highest BCUT2D eigenvalue weighted by molar-refractivity contribution is 5.70. The van der Waals surface area contributed by atoms with Crippen molar-refractivity contribution in [3.63, 3.8) is 0 Å². The van der Waals surface area contributed by atoms with Crippen LogP contribution in [0.5, 0.6) is 0 Å². The van der Waals surface area contributed by atoms with Gasteiger partial charge in [0.2, 0.25) is 18.2 Å². The van der Waals surface area contributed by atoms with Crippen LogP contribution in [-0.2, 0) is 28.6 Å². The lowest BCUT2D eigenvalue weighted by Crippen LogP contribution is -2.51. The number of ether oxygens (including phenoxy) is 3. The van der Waals surface area contributed by atoms with Crippen LogP contribution in [0.1, 0.15) is 187 Å². The van der Waals surface area contributed by atoms with Crippen molar-refractivity contribution in [3.8, 4) is 0 Å².